The Morgan fingerprint density at radius 1 is 1.34 bits per heavy atom. The van der Waals surface area contributed by atoms with E-state index in [-0.39, 0.29) is 36.0 Å². The van der Waals surface area contributed by atoms with Gasteiger partial charge in [0.15, 0.2) is 22.4 Å². The first-order valence-electron chi connectivity index (χ1n) is 9.15. The van der Waals surface area contributed by atoms with Crippen LogP contribution in [0.25, 0.3) is 0 Å². The number of carbonyl (C=O) groups excluding carboxylic acids is 2. The van der Waals surface area contributed by atoms with Gasteiger partial charge in [-0.2, -0.15) is 0 Å². The fraction of sp³-hybridized carbons (Fsp3) is 0.444. The number of thioether (sulfide) groups is 1. The Kier molecular flexibility index (Phi) is 5.58. The van der Waals surface area contributed by atoms with Gasteiger partial charge in [0.2, 0.25) is 12.7 Å². The molecule has 2 aliphatic heterocycles. The number of aromatic nitrogens is 3. The molecule has 1 amide bonds. The normalized spacial score (nSPS) is 17.5. The van der Waals surface area contributed by atoms with Gasteiger partial charge in [0.25, 0.3) is 0 Å². The molecule has 4 rings (SSSR count). The maximum atomic E-state index is 12.5. The SMILES string of the molecule is CC(=O)c1cc2c(cc1NC(=O)CSc1n[nH]c(=O)n1CC1CCCO1)OCO2. The van der Waals surface area contributed by atoms with Gasteiger partial charge in [-0.25, -0.2) is 9.89 Å². The van der Waals surface area contributed by atoms with Crippen molar-refractivity contribution < 1.29 is 23.8 Å². The summed E-state index contributed by atoms with van der Waals surface area (Å²) in [4.78, 5) is 36.4. The van der Waals surface area contributed by atoms with Crippen LogP contribution in [0.5, 0.6) is 11.5 Å². The summed E-state index contributed by atoms with van der Waals surface area (Å²) >= 11 is 1.13. The number of hydrogen-bond acceptors (Lipinski definition) is 8. The van der Waals surface area contributed by atoms with Crippen molar-refractivity contribution in [2.45, 2.75) is 37.6 Å². The van der Waals surface area contributed by atoms with Crippen molar-refractivity contribution in [1.29, 1.82) is 0 Å². The molecule has 154 valence electrons. The van der Waals surface area contributed by atoms with Gasteiger partial charge in [-0.1, -0.05) is 11.8 Å². The Labute approximate surface area is 169 Å². The molecule has 0 spiro atoms. The van der Waals surface area contributed by atoms with E-state index in [9.17, 15) is 14.4 Å². The van der Waals surface area contributed by atoms with Crippen molar-refractivity contribution >= 4 is 29.1 Å². The summed E-state index contributed by atoms with van der Waals surface area (Å²) in [6.07, 6.45) is 1.83. The first kappa shape index (κ1) is 19.5. The van der Waals surface area contributed by atoms with Crippen molar-refractivity contribution in [3.63, 3.8) is 0 Å². The summed E-state index contributed by atoms with van der Waals surface area (Å²) in [5.41, 5.74) is 0.354. The van der Waals surface area contributed by atoms with E-state index < -0.39 is 0 Å². The van der Waals surface area contributed by atoms with Gasteiger partial charge in [0.05, 0.1) is 24.1 Å². The van der Waals surface area contributed by atoms with Crippen LogP contribution in [0.2, 0.25) is 0 Å². The van der Waals surface area contributed by atoms with Crippen molar-refractivity contribution in [2.75, 3.05) is 24.5 Å². The lowest BCUT2D eigenvalue weighted by Gasteiger charge is -2.12. The summed E-state index contributed by atoms with van der Waals surface area (Å²) in [7, 11) is 0. The summed E-state index contributed by atoms with van der Waals surface area (Å²) in [6.45, 7) is 2.57. The lowest BCUT2D eigenvalue weighted by Crippen LogP contribution is -2.25. The molecule has 2 N–H and O–H groups in total. The monoisotopic (exact) mass is 420 g/mol. The number of hydrogen-bond donors (Lipinski definition) is 2. The second-order valence-electron chi connectivity index (χ2n) is 6.70. The van der Waals surface area contributed by atoms with Crippen LogP contribution in [0.15, 0.2) is 22.1 Å². The van der Waals surface area contributed by atoms with E-state index in [1.807, 2.05) is 0 Å². The molecule has 29 heavy (non-hydrogen) atoms. The van der Waals surface area contributed by atoms with Crippen molar-refractivity contribution in [3.8, 4) is 11.5 Å². The van der Waals surface area contributed by atoms with Gasteiger partial charge in [0, 0.05) is 18.2 Å². The number of ether oxygens (including phenoxy) is 3. The minimum atomic E-state index is -0.338. The third-order valence-corrected chi connectivity index (χ3v) is 5.61. The molecular weight excluding hydrogens is 400 g/mol. The molecule has 3 heterocycles. The molecule has 0 aliphatic carbocycles. The van der Waals surface area contributed by atoms with Crippen LogP contribution >= 0.6 is 11.8 Å². The lowest BCUT2D eigenvalue weighted by molar-refractivity contribution is -0.113. The molecule has 1 saturated heterocycles. The Bertz CT molecular complexity index is 995. The fourth-order valence-electron chi connectivity index (χ4n) is 3.22. The molecule has 1 aromatic heterocycles. The molecule has 0 saturated carbocycles. The molecule has 1 unspecified atom stereocenters. The molecule has 1 fully saturated rings. The maximum Gasteiger partial charge on any atom is 0.344 e. The van der Waals surface area contributed by atoms with E-state index in [0.29, 0.717) is 41.1 Å². The summed E-state index contributed by atoms with van der Waals surface area (Å²) in [6, 6.07) is 3.13. The number of nitrogens with one attached hydrogen (secondary N) is 2. The van der Waals surface area contributed by atoms with Crippen molar-refractivity contribution in [2.24, 2.45) is 0 Å². The number of amides is 1. The van der Waals surface area contributed by atoms with Crippen LogP contribution in [-0.4, -0.2) is 51.7 Å². The Morgan fingerprint density at radius 3 is 2.86 bits per heavy atom. The number of Topliss-reactive ketones (excluding diaryl/α,β-unsaturated/α-hetero) is 1. The number of ketones is 1. The van der Waals surface area contributed by atoms with Crippen LogP contribution < -0.4 is 20.5 Å². The number of fused-ring (bicyclic) bond motifs is 1. The minimum Gasteiger partial charge on any atom is -0.454 e. The van der Waals surface area contributed by atoms with Crippen LogP contribution in [0, 0.1) is 0 Å². The summed E-state index contributed by atoms with van der Waals surface area (Å²) < 4.78 is 17.6. The van der Waals surface area contributed by atoms with Crippen LogP contribution in [0.1, 0.15) is 30.1 Å². The third kappa shape index (κ3) is 4.30. The zero-order valence-electron chi connectivity index (χ0n) is 15.7. The standard InChI is InChI=1S/C18H20N4O6S/c1-10(23)12-5-14-15(28-9-27-14)6-13(12)19-16(24)8-29-18-21-20-17(25)22(18)7-11-3-2-4-26-11/h5-6,11H,2-4,7-9H2,1H3,(H,19,24)(H,20,25). The number of nitrogens with zero attached hydrogens (tertiary/aromatic N) is 2. The highest BCUT2D eigenvalue weighted by Gasteiger charge is 2.22. The largest absolute Gasteiger partial charge is 0.454 e. The minimum absolute atomic E-state index is 0.0155. The molecule has 0 radical (unpaired) electrons. The van der Waals surface area contributed by atoms with Crippen molar-refractivity contribution in [3.05, 3.63) is 28.2 Å². The van der Waals surface area contributed by atoms with E-state index in [1.165, 1.54) is 11.5 Å². The second-order valence-corrected chi connectivity index (χ2v) is 7.64. The van der Waals surface area contributed by atoms with E-state index in [0.717, 1.165) is 24.6 Å². The Morgan fingerprint density at radius 2 is 2.14 bits per heavy atom. The quantitative estimate of drug-likeness (QED) is 0.509. The van der Waals surface area contributed by atoms with Gasteiger partial charge in [-0.15, -0.1) is 5.10 Å². The van der Waals surface area contributed by atoms with Crippen LogP contribution in [0.4, 0.5) is 5.69 Å². The Balaban J connectivity index is 1.42. The molecular formula is C18H20N4O6S. The highest BCUT2D eigenvalue weighted by molar-refractivity contribution is 7.99. The first-order chi connectivity index (χ1) is 14.0. The highest BCUT2D eigenvalue weighted by atomic mass is 32.2. The number of anilines is 1. The second kappa shape index (κ2) is 8.29. The molecule has 2 aromatic rings. The molecule has 1 atom stereocenters. The van der Waals surface area contributed by atoms with E-state index >= 15 is 0 Å². The van der Waals surface area contributed by atoms with Gasteiger partial charge >= 0.3 is 5.69 Å². The van der Waals surface area contributed by atoms with E-state index in [1.54, 1.807) is 12.1 Å². The van der Waals surface area contributed by atoms with Crippen LogP contribution in [-0.2, 0) is 16.1 Å². The third-order valence-electron chi connectivity index (χ3n) is 4.63. The van der Waals surface area contributed by atoms with Gasteiger partial charge in [-0.3, -0.25) is 14.2 Å². The molecule has 1 aromatic carbocycles. The summed E-state index contributed by atoms with van der Waals surface area (Å²) in [5, 5.41) is 9.54. The maximum absolute atomic E-state index is 12.5. The smallest absolute Gasteiger partial charge is 0.344 e. The van der Waals surface area contributed by atoms with Gasteiger partial charge in [-0.05, 0) is 25.8 Å². The summed E-state index contributed by atoms with van der Waals surface area (Å²) in [5.74, 6) is 0.411. The predicted octanol–water partition coefficient (Wildman–Crippen LogP) is 1.41. The Hall–Kier alpha value is -2.79. The molecule has 10 nitrogen and oxygen atoms in total. The number of aromatic amines is 1. The number of benzene rings is 1. The van der Waals surface area contributed by atoms with E-state index in [4.69, 9.17) is 14.2 Å². The average molecular weight is 420 g/mol. The molecule has 0 bridgehead atoms. The van der Waals surface area contributed by atoms with Gasteiger partial charge < -0.3 is 19.5 Å². The van der Waals surface area contributed by atoms with Gasteiger partial charge in [0.1, 0.15) is 0 Å². The molecule has 2 aliphatic rings. The van der Waals surface area contributed by atoms with Crippen molar-refractivity contribution in [1.82, 2.24) is 14.8 Å². The van der Waals surface area contributed by atoms with E-state index in [2.05, 4.69) is 15.5 Å². The predicted molar refractivity (Wildman–Crippen MR) is 104 cm³/mol. The number of rotatable bonds is 7. The zero-order chi connectivity index (χ0) is 20.4. The average Bonchev–Trinajstić information content (AvgIpc) is 3.42. The lowest BCUT2D eigenvalue weighted by atomic mass is 10.1. The topological polar surface area (TPSA) is 125 Å². The highest BCUT2D eigenvalue weighted by Crippen LogP contribution is 2.37. The fourth-order valence-corrected chi connectivity index (χ4v) is 3.98. The van der Waals surface area contributed by atoms with Crippen LogP contribution in [0.3, 0.4) is 0 Å². The molecule has 11 heteroatoms. The number of carbonyl (C=O) groups is 2. The first-order valence-corrected chi connectivity index (χ1v) is 10.1. The zero-order valence-corrected chi connectivity index (χ0v) is 16.5. The number of H-pyrrole nitrogens is 1.